The Balaban J connectivity index is 1.36. The van der Waals surface area contributed by atoms with Crippen LogP contribution in [0.5, 0.6) is 0 Å². The van der Waals surface area contributed by atoms with Crippen LogP contribution in [-0.2, 0) is 0 Å². The summed E-state index contributed by atoms with van der Waals surface area (Å²) in [7, 11) is 0. The molecule has 0 spiro atoms. The van der Waals surface area contributed by atoms with E-state index in [2.05, 4.69) is 152 Å². The molecule has 0 saturated carbocycles. The van der Waals surface area contributed by atoms with Crippen LogP contribution in [-0.4, -0.2) is 0 Å². The van der Waals surface area contributed by atoms with Crippen LogP contribution >= 0.6 is 0 Å². The predicted molar refractivity (Wildman–Crippen MR) is 169 cm³/mol. The van der Waals surface area contributed by atoms with E-state index in [1.54, 1.807) is 0 Å². The second-order valence-corrected chi connectivity index (χ2v) is 9.64. The average Bonchev–Trinajstić information content (AvgIpc) is 3.00. The van der Waals surface area contributed by atoms with Gasteiger partial charge in [-0.05, 0) is 89.2 Å². The number of nitrogens with zero attached hydrogens (tertiary/aromatic N) is 1. The molecule has 0 saturated heterocycles. The Morgan fingerprint density at radius 3 is 1.41 bits per heavy atom. The topological polar surface area (TPSA) is 29.3 Å². The van der Waals surface area contributed by atoms with Crippen molar-refractivity contribution in [2.75, 3.05) is 10.6 Å². The lowest BCUT2D eigenvalue weighted by Crippen LogP contribution is -2.15. The first-order valence-electron chi connectivity index (χ1n) is 13.5. The van der Waals surface area contributed by atoms with E-state index in [0.717, 1.165) is 23.5 Å². The molecule has 0 atom stereocenters. The normalized spacial score (nSPS) is 11.8. The molecule has 2 N–H and O–H groups in total. The molecule has 0 heterocycles. The number of allylic oxidation sites excluding steroid dienone is 4. The fraction of sp³-hybridized carbons (Fsp3) is 0.0811. The van der Waals surface area contributed by atoms with Gasteiger partial charge in [0.1, 0.15) is 0 Å². The number of hydrogen-bond donors (Lipinski definition) is 1. The summed E-state index contributed by atoms with van der Waals surface area (Å²) in [6.07, 6.45) is 5.40. The summed E-state index contributed by atoms with van der Waals surface area (Å²) in [6, 6.07) is 46.7. The fourth-order valence-electron chi connectivity index (χ4n) is 4.76. The number of benzene rings is 5. The number of nitrogen functional groups attached to an aromatic ring is 1. The van der Waals surface area contributed by atoms with Crippen LogP contribution in [0.3, 0.4) is 0 Å². The molecule has 2 nitrogen and oxygen atoms in total. The molecule has 39 heavy (non-hydrogen) atoms. The zero-order valence-corrected chi connectivity index (χ0v) is 22.6. The van der Waals surface area contributed by atoms with Gasteiger partial charge in [-0.25, -0.2) is 0 Å². The van der Waals surface area contributed by atoms with Crippen molar-refractivity contribution in [3.63, 3.8) is 0 Å². The van der Waals surface area contributed by atoms with Gasteiger partial charge < -0.3 is 10.6 Å². The summed E-state index contributed by atoms with van der Waals surface area (Å²) in [5.41, 5.74) is 17.4. The van der Waals surface area contributed by atoms with Gasteiger partial charge in [-0.3, -0.25) is 0 Å². The van der Waals surface area contributed by atoms with Crippen LogP contribution in [0.25, 0.3) is 27.8 Å². The molecular weight excluding hydrogens is 472 g/mol. The van der Waals surface area contributed by atoms with E-state index in [4.69, 9.17) is 5.73 Å². The van der Waals surface area contributed by atoms with Crippen molar-refractivity contribution < 1.29 is 0 Å². The summed E-state index contributed by atoms with van der Waals surface area (Å²) in [6.45, 7) is 4.39. The van der Waals surface area contributed by atoms with Gasteiger partial charge in [-0.15, -0.1) is 0 Å². The number of rotatable bonds is 8. The van der Waals surface area contributed by atoms with Crippen LogP contribution in [0.15, 0.2) is 151 Å². The van der Waals surface area contributed by atoms with Gasteiger partial charge in [0.2, 0.25) is 0 Å². The van der Waals surface area contributed by atoms with Crippen molar-refractivity contribution in [1.29, 1.82) is 0 Å². The molecule has 0 unspecified atom stereocenters. The van der Waals surface area contributed by atoms with Crippen LogP contribution in [0, 0.1) is 0 Å². The summed E-state index contributed by atoms with van der Waals surface area (Å²) in [5.74, 6) is 0. The van der Waals surface area contributed by atoms with Crippen LogP contribution in [0.1, 0.15) is 25.8 Å². The first-order valence-corrected chi connectivity index (χ1v) is 13.5. The monoisotopic (exact) mass is 506 g/mol. The van der Waals surface area contributed by atoms with E-state index in [-0.39, 0.29) is 0 Å². The van der Waals surface area contributed by atoms with Gasteiger partial charge in [0.05, 0.1) is 0 Å². The van der Waals surface area contributed by atoms with Crippen molar-refractivity contribution in [3.05, 3.63) is 157 Å². The van der Waals surface area contributed by atoms with Gasteiger partial charge in [-0.2, -0.15) is 0 Å². The molecule has 2 heteroatoms. The number of hydrogen-bond acceptors (Lipinski definition) is 2. The van der Waals surface area contributed by atoms with Crippen LogP contribution in [0.4, 0.5) is 17.1 Å². The standard InChI is InChI=1S/C37H34N2/c1-3-35(39(36-10-6-4-7-11-36)37-12-8-5-9-13-37)27-14-28(2)29-15-17-30(18-16-29)31-19-21-32(22-20-31)33-23-25-34(38)26-24-33/h4-27H,3,38H2,1-2H3/b28-14+,35-27+. The maximum Gasteiger partial charge on any atom is 0.0458 e. The third-order valence-electron chi connectivity index (χ3n) is 7.01. The Bertz CT molecular complexity index is 1510. The zero-order valence-electron chi connectivity index (χ0n) is 22.6. The second-order valence-electron chi connectivity index (χ2n) is 9.64. The summed E-state index contributed by atoms with van der Waals surface area (Å²) < 4.78 is 0. The van der Waals surface area contributed by atoms with Crippen molar-refractivity contribution in [3.8, 4) is 22.3 Å². The highest BCUT2D eigenvalue weighted by Gasteiger charge is 2.12. The second kappa shape index (κ2) is 12.1. The van der Waals surface area contributed by atoms with Gasteiger partial charge in [0, 0.05) is 22.8 Å². The van der Waals surface area contributed by atoms with Crippen molar-refractivity contribution >= 4 is 22.6 Å². The number of nitrogens with two attached hydrogens (primary N) is 1. The summed E-state index contributed by atoms with van der Waals surface area (Å²) >= 11 is 0. The molecule has 5 aromatic rings. The largest absolute Gasteiger partial charge is 0.399 e. The van der Waals surface area contributed by atoms with Gasteiger partial charge in [0.25, 0.3) is 0 Å². The zero-order chi connectivity index (χ0) is 27.0. The lowest BCUT2D eigenvalue weighted by Gasteiger charge is -2.27. The van der Waals surface area contributed by atoms with Crippen molar-refractivity contribution in [2.45, 2.75) is 20.3 Å². The van der Waals surface area contributed by atoms with E-state index in [0.29, 0.717) is 0 Å². The van der Waals surface area contributed by atoms with Crippen LogP contribution in [0.2, 0.25) is 0 Å². The first kappa shape index (κ1) is 25.8. The van der Waals surface area contributed by atoms with Gasteiger partial charge >= 0.3 is 0 Å². The predicted octanol–water partition coefficient (Wildman–Crippen LogP) is 10.1. The summed E-state index contributed by atoms with van der Waals surface area (Å²) in [4.78, 5) is 2.33. The van der Waals surface area contributed by atoms with E-state index in [9.17, 15) is 0 Å². The third-order valence-corrected chi connectivity index (χ3v) is 7.01. The lowest BCUT2D eigenvalue weighted by molar-refractivity contribution is 1.01. The number of para-hydroxylation sites is 2. The van der Waals surface area contributed by atoms with Crippen molar-refractivity contribution in [1.82, 2.24) is 0 Å². The third kappa shape index (κ3) is 6.19. The fourth-order valence-corrected chi connectivity index (χ4v) is 4.76. The molecule has 192 valence electrons. The smallest absolute Gasteiger partial charge is 0.0458 e. The Morgan fingerprint density at radius 2 is 0.974 bits per heavy atom. The maximum absolute atomic E-state index is 5.83. The molecule has 0 aromatic heterocycles. The molecule has 0 bridgehead atoms. The molecule has 5 rings (SSSR count). The molecular formula is C37H34N2. The highest BCUT2D eigenvalue weighted by molar-refractivity contribution is 5.74. The Kier molecular flexibility index (Phi) is 8.04. The van der Waals surface area contributed by atoms with Gasteiger partial charge in [0.15, 0.2) is 0 Å². The minimum atomic E-state index is 0.783. The molecule has 0 fully saturated rings. The minimum absolute atomic E-state index is 0.783. The maximum atomic E-state index is 5.83. The molecule has 0 amide bonds. The first-order chi connectivity index (χ1) is 19.1. The number of anilines is 3. The molecule has 0 radical (unpaired) electrons. The minimum Gasteiger partial charge on any atom is -0.399 e. The highest BCUT2D eigenvalue weighted by Crippen LogP contribution is 2.31. The van der Waals surface area contributed by atoms with Gasteiger partial charge in [-0.1, -0.05) is 110 Å². The molecule has 0 aliphatic rings. The Labute approximate surface area is 232 Å². The van der Waals surface area contributed by atoms with Crippen molar-refractivity contribution in [2.24, 2.45) is 0 Å². The lowest BCUT2D eigenvalue weighted by atomic mass is 9.98. The molecule has 5 aromatic carbocycles. The van der Waals surface area contributed by atoms with Crippen LogP contribution < -0.4 is 10.6 Å². The Morgan fingerprint density at radius 1 is 0.564 bits per heavy atom. The molecule has 0 aliphatic carbocycles. The highest BCUT2D eigenvalue weighted by atomic mass is 15.1. The average molecular weight is 507 g/mol. The Hall–Kier alpha value is -4.82. The van der Waals surface area contributed by atoms with E-state index < -0.39 is 0 Å². The van der Waals surface area contributed by atoms with E-state index >= 15 is 0 Å². The van der Waals surface area contributed by atoms with E-state index in [1.807, 2.05) is 12.1 Å². The van der Waals surface area contributed by atoms with E-state index in [1.165, 1.54) is 39.1 Å². The quantitative estimate of drug-likeness (QED) is 0.167. The summed E-state index contributed by atoms with van der Waals surface area (Å²) in [5, 5.41) is 0. The SMILES string of the molecule is CC/C(=C\C=C(/C)c1ccc(-c2ccc(-c3ccc(N)cc3)cc2)cc1)N(c1ccccc1)c1ccccc1. The molecule has 0 aliphatic heterocycles.